The molecule has 3 rings (SSSR count). The number of benzene rings is 1. The minimum Gasteiger partial charge on any atom is -0.369 e. The van der Waals surface area contributed by atoms with Crippen LogP contribution in [0.2, 0.25) is 5.02 Å². The summed E-state index contributed by atoms with van der Waals surface area (Å²) in [5.41, 5.74) is 0.885. The van der Waals surface area contributed by atoms with E-state index < -0.39 is 0 Å². The third-order valence-electron chi connectivity index (χ3n) is 2.71. The highest BCUT2D eigenvalue weighted by atomic mass is 35.5. The molecule has 4 nitrogen and oxygen atoms in total. The standard InChI is InChI=1S/C13H11ClN4S/c14-9-1-2-11-10(7-9)13(18-8-17-11)16-4-3-12-15-5-6-19-12/h1-2,5-8H,3-4H2,(H,16,17,18). The number of hydrogen-bond donors (Lipinski definition) is 1. The lowest BCUT2D eigenvalue weighted by Gasteiger charge is -2.07. The number of thiazole rings is 1. The zero-order chi connectivity index (χ0) is 13.1. The third kappa shape index (κ3) is 2.83. The first-order chi connectivity index (χ1) is 9.33. The maximum absolute atomic E-state index is 6.01. The van der Waals surface area contributed by atoms with Crippen molar-refractivity contribution >= 4 is 39.7 Å². The summed E-state index contributed by atoms with van der Waals surface area (Å²) in [4.78, 5) is 12.7. The Balaban J connectivity index is 1.78. The number of anilines is 1. The van der Waals surface area contributed by atoms with Crippen LogP contribution in [0.1, 0.15) is 5.01 Å². The van der Waals surface area contributed by atoms with Crippen LogP contribution in [-0.4, -0.2) is 21.5 Å². The molecule has 1 aromatic carbocycles. The van der Waals surface area contributed by atoms with Crippen molar-refractivity contribution in [1.82, 2.24) is 15.0 Å². The lowest BCUT2D eigenvalue weighted by molar-refractivity contribution is 0.987. The molecule has 0 bridgehead atoms. The van der Waals surface area contributed by atoms with Gasteiger partial charge in [-0.1, -0.05) is 11.6 Å². The van der Waals surface area contributed by atoms with Gasteiger partial charge in [0.1, 0.15) is 12.1 Å². The summed E-state index contributed by atoms with van der Waals surface area (Å²) in [7, 11) is 0. The van der Waals surface area contributed by atoms with E-state index in [1.807, 2.05) is 29.8 Å². The smallest absolute Gasteiger partial charge is 0.137 e. The van der Waals surface area contributed by atoms with Crippen molar-refractivity contribution in [2.45, 2.75) is 6.42 Å². The maximum atomic E-state index is 6.01. The summed E-state index contributed by atoms with van der Waals surface area (Å²) in [5, 5.41) is 8.03. The third-order valence-corrected chi connectivity index (χ3v) is 3.79. The fourth-order valence-electron chi connectivity index (χ4n) is 1.83. The molecule has 0 saturated heterocycles. The van der Waals surface area contributed by atoms with Gasteiger partial charge in [0.05, 0.1) is 10.5 Å². The summed E-state index contributed by atoms with van der Waals surface area (Å²) in [6.45, 7) is 0.784. The van der Waals surface area contributed by atoms with E-state index in [9.17, 15) is 0 Å². The van der Waals surface area contributed by atoms with Crippen LogP contribution in [0.5, 0.6) is 0 Å². The molecule has 2 aromatic heterocycles. The van der Waals surface area contributed by atoms with Gasteiger partial charge >= 0.3 is 0 Å². The average molecular weight is 291 g/mol. The molecule has 0 radical (unpaired) electrons. The molecule has 19 heavy (non-hydrogen) atoms. The zero-order valence-electron chi connectivity index (χ0n) is 10.0. The molecule has 6 heteroatoms. The molecule has 0 amide bonds. The number of nitrogens with zero attached hydrogens (tertiary/aromatic N) is 3. The first-order valence-corrected chi connectivity index (χ1v) is 7.11. The van der Waals surface area contributed by atoms with Gasteiger partial charge in [0, 0.05) is 35.0 Å². The Morgan fingerprint density at radius 2 is 2.16 bits per heavy atom. The van der Waals surface area contributed by atoms with Crippen LogP contribution in [0.15, 0.2) is 36.1 Å². The van der Waals surface area contributed by atoms with Crippen molar-refractivity contribution in [3.05, 3.63) is 46.1 Å². The van der Waals surface area contributed by atoms with Gasteiger partial charge in [0.25, 0.3) is 0 Å². The Hall–Kier alpha value is -1.72. The van der Waals surface area contributed by atoms with Gasteiger partial charge < -0.3 is 5.32 Å². The molecular weight excluding hydrogens is 280 g/mol. The van der Waals surface area contributed by atoms with Gasteiger partial charge in [-0.2, -0.15) is 0 Å². The fraction of sp³-hybridized carbons (Fsp3) is 0.154. The van der Waals surface area contributed by atoms with E-state index in [0.717, 1.165) is 34.7 Å². The van der Waals surface area contributed by atoms with E-state index in [4.69, 9.17) is 11.6 Å². The number of hydrogen-bond acceptors (Lipinski definition) is 5. The Morgan fingerprint density at radius 1 is 1.21 bits per heavy atom. The first kappa shape index (κ1) is 12.3. The molecule has 0 saturated carbocycles. The number of halogens is 1. The van der Waals surface area contributed by atoms with Crippen molar-refractivity contribution < 1.29 is 0 Å². The highest BCUT2D eigenvalue weighted by Crippen LogP contribution is 2.22. The van der Waals surface area contributed by atoms with Crippen LogP contribution in [-0.2, 0) is 6.42 Å². The summed E-state index contributed by atoms with van der Waals surface area (Å²) in [6.07, 6.45) is 4.26. The van der Waals surface area contributed by atoms with Crippen LogP contribution in [0.25, 0.3) is 10.9 Å². The van der Waals surface area contributed by atoms with E-state index in [0.29, 0.717) is 5.02 Å². The Labute approximate surface area is 119 Å². The molecule has 0 spiro atoms. The summed E-state index contributed by atoms with van der Waals surface area (Å²) >= 11 is 7.67. The quantitative estimate of drug-likeness (QED) is 0.800. The molecule has 0 fully saturated rings. The molecular formula is C13H11ClN4S. The molecule has 1 N–H and O–H groups in total. The van der Waals surface area contributed by atoms with E-state index in [1.54, 1.807) is 17.7 Å². The number of aromatic nitrogens is 3. The minimum atomic E-state index is 0.685. The second-order valence-electron chi connectivity index (χ2n) is 3.99. The van der Waals surface area contributed by atoms with Gasteiger partial charge in [-0.25, -0.2) is 15.0 Å². The number of fused-ring (bicyclic) bond motifs is 1. The van der Waals surface area contributed by atoms with Crippen molar-refractivity contribution in [3.63, 3.8) is 0 Å². The van der Waals surface area contributed by atoms with Crippen LogP contribution >= 0.6 is 22.9 Å². The van der Waals surface area contributed by atoms with Gasteiger partial charge in [0.15, 0.2) is 0 Å². The van der Waals surface area contributed by atoms with E-state index in [1.165, 1.54) is 0 Å². The van der Waals surface area contributed by atoms with Crippen molar-refractivity contribution in [3.8, 4) is 0 Å². The van der Waals surface area contributed by atoms with E-state index >= 15 is 0 Å². The second-order valence-corrected chi connectivity index (χ2v) is 5.40. The van der Waals surface area contributed by atoms with E-state index in [2.05, 4.69) is 20.3 Å². The highest BCUT2D eigenvalue weighted by Gasteiger charge is 2.04. The van der Waals surface area contributed by atoms with Gasteiger partial charge in [-0.3, -0.25) is 0 Å². The molecule has 0 unspecified atom stereocenters. The molecule has 96 valence electrons. The fourth-order valence-corrected chi connectivity index (χ4v) is 2.63. The predicted octanol–water partition coefficient (Wildman–Crippen LogP) is 3.39. The lowest BCUT2D eigenvalue weighted by Crippen LogP contribution is -2.06. The lowest BCUT2D eigenvalue weighted by atomic mass is 10.2. The van der Waals surface area contributed by atoms with Crippen LogP contribution in [0.4, 0.5) is 5.82 Å². The molecule has 0 aliphatic rings. The van der Waals surface area contributed by atoms with Crippen LogP contribution in [0, 0.1) is 0 Å². The molecule has 0 aliphatic carbocycles. The zero-order valence-corrected chi connectivity index (χ0v) is 11.6. The predicted molar refractivity (Wildman–Crippen MR) is 78.9 cm³/mol. The number of rotatable bonds is 4. The topological polar surface area (TPSA) is 50.7 Å². The first-order valence-electron chi connectivity index (χ1n) is 5.85. The summed E-state index contributed by atoms with van der Waals surface area (Å²) < 4.78 is 0. The Kier molecular flexibility index (Phi) is 3.57. The Bertz CT molecular complexity index is 684. The summed E-state index contributed by atoms with van der Waals surface area (Å²) in [5.74, 6) is 0.809. The molecule has 2 heterocycles. The van der Waals surface area contributed by atoms with E-state index in [-0.39, 0.29) is 0 Å². The SMILES string of the molecule is Clc1ccc2ncnc(NCCc3nccs3)c2c1. The Morgan fingerprint density at radius 3 is 3.00 bits per heavy atom. The normalized spacial score (nSPS) is 10.8. The second kappa shape index (κ2) is 5.50. The molecule has 0 atom stereocenters. The maximum Gasteiger partial charge on any atom is 0.137 e. The molecule has 3 aromatic rings. The number of nitrogens with one attached hydrogen (secondary N) is 1. The van der Waals surface area contributed by atoms with Crippen molar-refractivity contribution in [2.24, 2.45) is 0 Å². The van der Waals surface area contributed by atoms with Crippen molar-refractivity contribution in [1.29, 1.82) is 0 Å². The van der Waals surface area contributed by atoms with Crippen molar-refractivity contribution in [2.75, 3.05) is 11.9 Å². The van der Waals surface area contributed by atoms with Gasteiger partial charge in [-0.05, 0) is 18.2 Å². The molecule has 0 aliphatic heterocycles. The van der Waals surface area contributed by atoms with Crippen LogP contribution in [0.3, 0.4) is 0 Å². The monoisotopic (exact) mass is 290 g/mol. The van der Waals surface area contributed by atoms with Gasteiger partial charge in [-0.15, -0.1) is 11.3 Å². The largest absolute Gasteiger partial charge is 0.369 e. The summed E-state index contributed by atoms with van der Waals surface area (Å²) in [6, 6.07) is 5.60. The minimum absolute atomic E-state index is 0.685. The van der Waals surface area contributed by atoms with Gasteiger partial charge in [0.2, 0.25) is 0 Å². The average Bonchev–Trinajstić information content (AvgIpc) is 2.92. The highest BCUT2D eigenvalue weighted by molar-refractivity contribution is 7.09. The van der Waals surface area contributed by atoms with Crippen LogP contribution < -0.4 is 5.32 Å².